The van der Waals surface area contributed by atoms with Crippen LogP contribution >= 0.6 is 11.6 Å². The molecular weight excluding hydrogens is 302 g/mol. The first-order valence-corrected chi connectivity index (χ1v) is 7.43. The largest absolute Gasteiger partial charge is 0.418 e. The molecule has 0 N–H and O–H groups in total. The highest BCUT2D eigenvalue weighted by Gasteiger charge is 2.14. The van der Waals surface area contributed by atoms with Gasteiger partial charge in [0.15, 0.2) is 0 Å². The zero-order chi connectivity index (χ0) is 15.5. The highest BCUT2D eigenvalue weighted by Crippen LogP contribution is 2.19. The Morgan fingerprint density at radius 3 is 2.95 bits per heavy atom. The van der Waals surface area contributed by atoms with Gasteiger partial charge in [0.05, 0.1) is 17.0 Å². The summed E-state index contributed by atoms with van der Waals surface area (Å²) in [6.07, 6.45) is 3.26. The Morgan fingerprint density at radius 1 is 1.27 bits per heavy atom. The molecule has 22 heavy (non-hydrogen) atoms. The number of carbonyl (C=O) groups excluding carboxylic acids is 1. The van der Waals surface area contributed by atoms with Gasteiger partial charge in [0.1, 0.15) is 0 Å². The molecule has 0 radical (unpaired) electrons. The van der Waals surface area contributed by atoms with E-state index < -0.39 is 0 Å². The lowest BCUT2D eigenvalue weighted by Gasteiger charge is -2.01. The van der Waals surface area contributed by atoms with E-state index in [1.165, 1.54) is 0 Å². The van der Waals surface area contributed by atoms with Gasteiger partial charge in [-0.3, -0.25) is 9.78 Å². The average molecular weight is 316 g/mol. The van der Waals surface area contributed by atoms with Crippen LogP contribution in [0.15, 0.2) is 34.9 Å². The van der Waals surface area contributed by atoms with Crippen molar-refractivity contribution in [2.75, 3.05) is 0 Å². The first-order chi connectivity index (χ1) is 10.7. The van der Waals surface area contributed by atoms with Crippen LogP contribution < -0.4 is 0 Å². The lowest BCUT2D eigenvalue weighted by atomic mass is 10.1. The average Bonchev–Trinajstić information content (AvgIpc) is 2.96. The minimum absolute atomic E-state index is 0.0855. The van der Waals surface area contributed by atoms with Gasteiger partial charge in [-0.05, 0) is 30.2 Å². The molecule has 0 unspecified atom stereocenters. The number of nitrogens with zero attached hydrogens (tertiary/aromatic N) is 3. The summed E-state index contributed by atoms with van der Waals surface area (Å²) in [5, 5.41) is 9.28. The molecule has 112 valence electrons. The quantitative estimate of drug-likeness (QED) is 0.669. The third-order valence-corrected chi connectivity index (χ3v) is 3.46. The van der Waals surface area contributed by atoms with Gasteiger partial charge < -0.3 is 4.42 Å². The lowest BCUT2D eigenvalue weighted by molar-refractivity contribution is 0.0946. The van der Waals surface area contributed by atoms with Crippen molar-refractivity contribution in [2.24, 2.45) is 0 Å². The van der Waals surface area contributed by atoms with E-state index in [0.29, 0.717) is 23.8 Å². The number of pyridine rings is 1. The summed E-state index contributed by atoms with van der Waals surface area (Å²) in [4.78, 5) is 16.0. The summed E-state index contributed by atoms with van der Waals surface area (Å²) >= 11 is 5.96. The van der Waals surface area contributed by atoms with E-state index in [-0.39, 0.29) is 11.7 Å². The smallest absolute Gasteiger partial charge is 0.283 e. The molecule has 0 bridgehead atoms. The van der Waals surface area contributed by atoms with Gasteiger partial charge >= 0.3 is 0 Å². The van der Waals surface area contributed by atoms with Crippen LogP contribution in [0.5, 0.6) is 0 Å². The van der Waals surface area contributed by atoms with Crippen molar-refractivity contribution in [2.45, 2.75) is 26.2 Å². The molecule has 1 aromatic carbocycles. The molecular formula is C16H14ClN3O2. The maximum atomic E-state index is 11.7. The Balaban J connectivity index is 1.82. The predicted octanol–water partition coefficient (Wildman–Crippen LogP) is 3.84. The fourth-order valence-corrected chi connectivity index (χ4v) is 2.38. The van der Waals surface area contributed by atoms with Crippen LogP contribution in [0.4, 0.5) is 0 Å². The van der Waals surface area contributed by atoms with Gasteiger partial charge in [0.2, 0.25) is 11.7 Å². The second-order valence-corrected chi connectivity index (χ2v) is 5.47. The number of carbonyl (C=O) groups is 1. The Bertz CT molecular complexity index is 829. The number of ketones is 1. The van der Waals surface area contributed by atoms with Crippen LogP contribution in [0.2, 0.25) is 5.02 Å². The molecule has 0 spiro atoms. The van der Waals surface area contributed by atoms with E-state index in [1.54, 1.807) is 6.20 Å². The lowest BCUT2D eigenvalue weighted by Crippen LogP contribution is -1.97. The van der Waals surface area contributed by atoms with Gasteiger partial charge in [-0.15, -0.1) is 10.2 Å². The number of benzene rings is 1. The molecule has 5 nitrogen and oxygen atoms in total. The number of Topliss-reactive ketones (excluding diaryl/α,β-unsaturated/α-hetero) is 1. The van der Waals surface area contributed by atoms with Crippen molar-refractivity contribution >= 4 is 28.3 Å². The van der Waals surface area contributed by atoms with E-state index in [9.17, 15) is 4.79 Å². The van der Waals surface area contributed by atoms with Crippen LogP contribution in [0.1, 0.15) is 41.9 Å². The molecule has 0 aliphatic heterocycles. The number of halogens is 1. The van der Waals surface area contributed by atoms with E-state index in [1.807, 2.05) is 31.2 Å². The fourth-order valence-electron chi connectivity index (χ4n) is 2.21. The maximum Gasteiger partial charge on any atom is 0.283 e. The SMILES string of the molecule is CCCC(=O)c1nnc(Cc2ccc3ncc(Cl)cc3c2)o1. The van der Waals surface area contributed by atoms with Crippen LogP contribution in [0.3, 0.4) is 0 Å². The standard InChI is InChI=1S/C16H14ClN3O2/c1-2-3-14(21)16-20-19-15(22-16)7-10-4-5-13-11(6-10)8-12(17)9-18-13/h4-6,8-9H,2-3,7H2,1H3. The van der Waals surface area contributed by atoms with Crippen molar-refractivity contribution in [1.29, 1.82) is 0 Å². The molecule has 0 aliphatic rings. The zero-order valence-corrected chi connectivity index (χ0v) is 12.8. The normalized spacial score (nSPS) is 11.0. The molecule has 0 atom stereocenters. The molecule has 6 heteroatoms. The summed E-state index contributed by atoms with van der Waals surface area (Å²) < 4.78 is 5.42. The molecule has 2 heterocycles. The Labute approximate surface area is 132 Å². The van der Waals surface area contributed by atoms with Crippen LogP contribution in [-0.4, -0.2) is 21.0 Å². The monoisotopic (exact) mass is 315 g/mol. The summed E-state index contributed by atoms with van der Waals surface area (Å²) in [5.41, 5.74) is 1.87. The molecule has 0 saturated heterocycles. The third kappa shape index (κ3) is 3.14. The number of hydrogen-bond acceptors (Lipinski definition) is 5. The van der Waals surface area contributed by atoms with Crippen molar-refractivity contribution < 1.29 is 9.21 Å². The van der Waals surface area contributed by atoms with Crippen LogP contribution in [0, 0.1) is 0 Å². The maximum absolute atomic E-state index is 11.7. The third-order valence-electron chi connectivity index (χ3n) is 3.25. The summed E-state index contributed by atoms with van der Waals surface area (Å²) in [7, 11) is 0. The minimum Gasteiger partial charge on any atom is -0.418 e. The van der Waals surface area contributed by atoms with Crippen molar-refractivity contribution in [3.05, 3.63) is 52.8 Å². The molecule has 3 rings (SSSR count). The van der Waals surface area contributed by atoms with Gasteiger partial charge in [-0.2, -0.15) is 0 Å². The molecule has 0 saturated carbocycles. The van der Waals surface area contributed by atoms with E-state index in [0.717, 1.165) is 22.9 Å². The van der Waals surface area contributed by atoms with Crippen molar-refractivity contribution in [1.82, 2.24) is 15.2 Å². The Kier molecular flexibility index (Phi) is 4.15. The summed E-state index contributed by atoms with van der Waals surface area (Å²) in [5.74, 6) is 0.395. The Morgan fingerprint density at radius 2 is 2.14 bits per heavy atom. The number of hydrogen-bond donors (Lipinski definition) is 0. The fraction of sp³-hybridized carbons (Fsp3) is 0.250. The molecule has 0 fully saturated rings. The second-order valence-electron chi connectivity index (χ2n) is 5.03. The molecule has 0 aliphatic carbocycles. The summed E-state index contributed by atoms with van der Waals surface area (Å²) in [6, 6.07) is 7.70. The molecule has 2 aromatic heterocycles. The number of fused-ring (bicyclic) bond motifs is 1. The first-order valence-electron chi connectivity index (χ1n) is 7.05. The van der Waals surface area contributed by atoms with E-state index in [4.69, 9.17) is 16.0 Å². The topological polar surface area (TPSA) is 68.9 Å². The van der Waals surface area contributed by atoms with Gasteiger partial charge in [-0.1, -0.05) is 24.6 Å². The summed E-state index contributed by atoms with van der Waals surface area (Å²) in [6.45, 7) is 1.93. The van der Waals surface area contributed by atoms with Gasteiger partial charge in [0.25, 0.3) is 5.89 Å². The number of rotatable bonds is 5. The van der Waals surface area contributed by atoms with Crippen molar-refractivity contribution in [3.8, 4) is 0 Å². The minimum atomic E-state index is -0.115. The van der Waals surface area contributed by atoms with Gasteiger partial charge in [-0.25, -0.2) is 0 Å². The van der Waals surface area contributed by atoms with Crippen LogP contribution in [-0.2, 0) is 6.42 Å². The second kappa shape index (κ2) is 6.23. The molecule has 0 amide bonds. The highest BCUT2D eigenvalue weighted by molar-refractivity contribution is 6.31. The highest BCUT2D eigenvalue weighted by atomic mass is 35.5. The molecule has 3 aromatic rings. The van der Waals surface area contributed by atoms with Crippen molar-refractivity contribution in [3.63, 3.8) is 0 Å². The van der Waals surface area contributed by atoms with E-state index in [2.05, 4.69) is 15.2 Å². The van der Waals surface area contributed by atoms with Crippen LogP contribution in [0.25, 0.3) is 10.9 Å². The van der Waals surface area contributed by atoms with E-state index >= 15 is 0 Å². The zero-order valence-electron chi connectivity index (χ0n) is 12.0. The predicted molar refractivity (Wildman–Crippen MR) is 83.1 cm³/mol. The number of aromatic nitrogens is 3. The first kappa shape index (κ1) is 14.7. The Hall–Kier alpha value is -2.27. The van der Waals surface area contributed by atoms with Gasteiger partial charge in [0, 0.05) is 18.0 Å².